The average molecular weight is 216 g/mol. The maximum absolute atomic E-state index is 4.03. The summed E-state index contributed by atoms with van der Waals surface area (Å²) in [5.74, 6) is 0. The van der Waals surface area contributed by atoms with Crippen molar-refractivity contribution in [3.63, 3.8) is 0 Å². The quantitative estimate of drug-likeness (QED) is 0.630. The smallest absolute Gasteiger partial charge is 0.127 e. The number of nitrogens with zero attached hydrogens (tertiary/aromatic N) is 3. The first kappa shape index (κ1) is 6.18. The molecule has 0 radical (unpaired) electrons. The Hall–Kier alpha value is -0.550. The molecule has 0 aliphatic carbocycles. The first-order valence-electron chi connectivity index (χ1n) is 2.60. The van der Waals surface area contributed by atoms with Gasteiger partial charge in [0.05, 0.1) is 0 Å². The first-order valence-corrected chi connectivity index (χ1v) is 4.17. The minimum Gasteiger partial charge on any atom is -0.248 e. The van der Waals surface area contributed by atoms with E-state index in [0.717, 1.165) is 14.8 Å². The number of aromatic nitrogens is 3. The van der Waals surface area contributed by atoms with E-state index in [-0.39, 0.29) is 0 Å². The molecule has 0 aromatic carbocycles. The molecule has 0 atom stereocenters. The van der Waals surface area contributed by atoms with Crippen LogP contribution >= 0.6 is 27.5 Å². The molecule has 2 heterocycles. The summed E-state index contributed by atoms with van der Waals surface area (Å²) in [4.78, 5) is 4.03. The van der Waals surface area contributed by atoms with Gasteiger partial charge in [-0.3, -0.25) is 0 Å². The highest BCUT2D eigenvalue weighted by Gasteiger charge is 2.00. The predicted octanol–water partition coefficient (Wildman–Crippen LogP) is 1.85. The van der Waals surface area contributed by atoms with Crippen LogP contribution in [0.1, 0.15) is 0 Å². The van der Waals surface area contributed by atoms with Crippen LogP contribution in [-0.2, 0) is 0 Å². The predicted molar refractivity (Wildman–Crippen MR) is 42.9 cm³/mol. The molecule has 0 saturated heterocycles. The monoisotopic (exact) mass is 215 g/mol. The lowest BCUT2D eigenvalue weighted by atomic mass is 10.5. The van der Waals surface area contributed by atoms with E-state index >= 15 is 0 Å². The molecule has 2 rings (SSSR count). The summed E-state index contributed by atoms with van der Waals surface area (Å²) in [5, 5.41) is 3.88. The Labute approximate surface area is 69.4 Å². The molecule has 5 heteroatoms. The molecule has 0 saturated carbocycles. The highest BCUT2D eigenvalue weighted by molar-refractivity contribution is 9.10. The van der Waals surface area contributed by atoms with Crippen LogP contribution in [0.5, 0.6) is 0 Å². The molecule has 0 spiro atoms. The zero-order valence-electron chi connectivity index (χ0n) is 4.78. The molecule has 0 amide bonds. The fourth-order valence-corrected chi connectivity index (χ4v) is 1.76. The van der Waals surface area contributed by atoms with Crippen molar-refractivity contribution in [3.05, 3.63) is 16.9 Å². The second kappa shape index (κ2) is 2.25. The zero-order valence-corrected chi connectivity index (χ0v) is 7.19. The van der Waals surface area contributed by atoms with Crippen molar-refractivity contribution in [1.29, 1.82) is 0 Å². The van der Waals surface area contributed by atoms with Crippen molar-refractivity contribution in [2.45, 2.75) is 0 Å². The van der Waals surface area contributed by atoms with E-state index in [2.05, 4.69) is 30.5 Å². The van der Waals surface area contributed by atoms with Crippen LogP contribution in [-0.4, -0.2) is 14.6 Å². The van der Waals surface area contributed by atoms with Gasteiger partial charge in [0.15, 0.2) is 0 Å². The van der Waals surface area contributed by atoms with Crippen molar-refractivity contribution in [1.82, 2.24) is 14.6 Å². The van der Waals surface area contributed by atoms with Gasteiger partial charge in [-0.05, 0) is 33.5 Å². The fourth-order valence-electron chi connectivity index (χ4n) is 0.682. The summed E-state index contributed by atoms with van der Waals surface area (Å²) in [6.07, 6.45) is 1.70. The van der Waals surface area contributed by atoms with Gasteiger partial charge in [0.1, 0.15) is 14.8 Å². The Morgan fingerprint density at radius 1 is 1.50 bits per heavy atom. The largest absolute Gasteiger partial charge is 0.248 e. The van der Waals surface area contributed by atoms with E-state index < -0.39 is 0 Å². The molecule has 50 valence electrons. The van der Waals surface area contributed by atoms with E-state index in [1.807, 2.05) is 6.07 Å². The van der Waals surface area contributed by atoms with Crippen molar-refractivity contribution in [2.75, 3.05) is 0 Å². The van der Waals surface area contributed by atoms with Gasteiger partial charge in [0, 0.05) is 6.20 Å². The lowest BCUT2D eigenvalue weighted by molar-refractivity contribution is 1.19. The Morgan fingerprint density at radius 3 is 3.20 bits per heavy atom. The number of pyridine rings is 1. The van der Waals surface area contributed by atoms with Crippen molar-refractivity contribution >= 4 is 37.7 Å². The Bertz CT molecular complexity index is 358. The van der Waals surface area contributed by atoms with Crippen LogP contribution in [0.15, 0.2) is 16.9 Å². The normalized spacial score (nSPS) is 10.5. The highest BCUT2D eigenvalue weighted by atomic mass is 79.9. The standard InChI is InChI=1S/C5H2BrN3S/c6-5-4-3(1-2-7-5)8-9-10-4/h1-2H. The van der Waals surface area contributed by atoms with Gasteiger partial charge in [-0.25, -0.2) is 4.98 Å². The molecule has 0 bridgehead atoms. The molecule has 3 nitrogen and oxygen atoms in total. The van der Waals surface area contributed by atoms with Crippen molar-refractivity contribution < 1.29 is 0 Å². The van der Waals surface area contributed by atoms with Crippen LogP contribution in [0.2, 0.25) is 0 Å². The number of rotatable bonds is 0. The van der Waals surface area contributed by atoms with Gasteiger partial charge in [-0.2, -0.15) is 0 Å². The molecule has 0 unspecified atom stereocenters. The first-order chi connectivity index (χ1) is 4.88. The zero-order chi connectivity index (χ0) is 6.97. The summed E-state index contributed by atoms with van der Waals surface area (Å²) in [5.41, 5.74) is 0.895. The Kier molecular flexibility index (Phi) is 1.39. The minimum atomic E-state index is 0.819. The fraction of sp³-hybridized carbons (Fsp3) is 0. The van der Waals surface area contributed by atoms with Crippen LogP contribution in [0.4, 0.5) is 0 Å². The number of fused-ring (bicyclic) bond motifs is 1. The van der Waals surface area contributed by atoms with Crippen LogP contribution in [0.25, 0.3) is 10.2 Å². The van der Waals surface area contributed by atoms with E-state index in [1.54, 1.807) is 6.20 Å². The molecular weight excluding hydrogens is 214 g/mol. The number of hydrogen-bond donors (Lipinski definition) is 0. The minimum absolute atomic E-state index is 0.819. The third-order valence-corrected chi connectivity index (χ3v) is 2.73. The van der Waals surface area contributed by atoms with Crippen LogP contribution in [0.3, 0.4) is 0 Å². The topological polar surface area (TPSA) is 38.7 Å². The van der Waals surface area contributed by atoms with Crippen LogP contribution in [0, 0.1) is 0 Å². The summed E-state index contributed by atoms with van der Waals surface area (Å²) < 4.78 is 5.61. The van der Waals surface area contributed by atoms with Gasteiger partial charge < -0.3 is 0 Å². The lowest BCUT2D eigenvalue weighted by Crippen LogP contribution is -1.73. The van der Waals surface area contributed by atoms with Crippen molar-refractivity contribution in [2.24, 2.45) is 0 Å². The maximum atomic E-state index is 4.03. The summed E-state index contributed by atoms with van der Waals surface area (Å²) in [7, 11) is 0. The molecule has 0 aliphatic heterocycles. The second-order valence-electron chi connectivity index (χ2n) is 1.72. The molecule has 0 aliphatic rings. The lowest BCUT2D eigenvalue weighted by Gasteiger charge is -1.85. The van der Waals surface area contributed by atoms with Crippen molar-refractivity contribution in [3.8, 4) is 0 Å². The second-order valence-corrected chi connectivity index (χ2v) is 3.23. The Morgan fingerprint density at radius 2 is 2.40 bits per heavy atom. The van der Waals surface area contributed by atoms with E-state index in [4.69, 9.17) is 0 Å². The molecular formula is C5H2BrN3S. The van der Waals surface area contributed by atoms with Crippen LogP contribution < -0.4 is 0 Å². The summed E-state index contributed by atoms with van der Waals surface area (Å²) in [6.45, 7) is 0. The number of halogens is 1. The highest BCUT2D eigenvalue weighted by Crippen LogP contribution is 2.21. The third-order valence-electron chi connectivity index (χ3n) is 1.12. The average Bonchev–Trinajstić information content (AvgIpc) is 2.36. The summed E-state index contributed by atoms with van der Waals surface area (Å²) >= 11 is 4.64. The maximum Gasteiger partial charge on any atom is 0.127 e. The Balaban J connectivity index is 2.95. The summed E-state index contributed by atoms with van der Waals surface area (Å²) in [6, 6.07) is 1.84. The SMILES string of the molecule is Brc1nccc2nnsc12. The third kappa shape index (κ3) is 0.819. The van der Waals surface area contributed by atoms with E-state index in [0.29, 0.717) is 0 Å². The molecule has 10 heavy (non-hydrogen) atoms. The molecule has 0 fully saturated rings. The van der Waals surface area contributed by atoms with Gasteiger partial charge in [0.2, 0.25) is 0 Å². The van der Waals surface area contributed by atoms with Gasteiger partial charge in [0.25, 0.3) is 0 Å². The van der Waals surface area contributed by atoms with Gasteiger partial charge >= 0.3 is 0 Å². The molecule has 0 N–H and O–H groups in total. The number of hydrogen-bond acceptors (Lipinski definition) is 4. The van der Waals surface area contributed by atoms with E-state index in [9.17, 15) is 0 Å². The van der Waals surface area contributed by atoms with E-state index in [1.165, 1.54) is 11.5 Å². The van der Waals surface area contributed by atoms with Gasteiger partial charge in [-0.15, -0.1) is 5.10 Å². The molecule has 2 aromatic heterocycles. The van der Waals surface area contributed by atoms with Gasteiger partial charge in [-0.1, -0.05) is 4.49 Å². The molecule has 2 aromatic rings.